The lowest BCUT2D eigenvalue weighted by molar-refractivity contribution is -0.156. The molecular weight excluding hydrogens is 284 g/mol. The highest BCUT2D eigenvalue weighted by Crippen LogP contribution is 2.60. The summed E-state index contributed by atoms with van der Waals surface area (Å²) in [5.41, 5.74) is 0.952. The molecule has 19 heavy (non-hydrogen) atoms. The second-order valence-corrected chi connectivity index (χ2v) is 7.60. The molecule has 4 nitrogen and oxygen atoms in total. The normalized spacial score (nSPS) is 29.3. The summed E-state index contributed by atoms with van der Waals surface area (Å²) in [5, 5.41) is 0. The van der Waals surface area contributed by atoms with Crippen molar-refractivity contribution < 1.29 is 19.1 Å². The van der Waals surface area contributed by atoms with Crippen molar-refractivity contribution in [2.75, 3.05) is 25.7 Å². The molecule has 1 saturated heterocycles. The summed E-state index contributed by atoms with van der Waals surface area (Å²) >= 11 is 3.44. The molecule has 2 fully saturated rings. The molecule has 0 radical (unpaired) electrons. The molecule has 0 aromatic rings. The van der Waals surface area contributed by atoms with E-state index >= 15 is 0 Å². The smallest absolute Gasteiger partial charge is 0.312 e. The van der Waals surface area contributed by atoms with Crippen molar-refractivity contribution in [3.8, 4) is 0 Å². The van der Waals surface area contributed by atoms with E-state index in [2.05, 4.69) is 6.58 Å². The van der Waals surface area contributed by atoms with Crippen LogP contribution in [0.15, 0.2) is 12.2 Å². The van der Waals surface area contributed by atoms with Crippen molar-refractivity contribution in [2.24, 2.45) is 11.8 Å². The predicted molar refractivity (Wildman–Crippen MR) is 77.0 cm³/mol. The molecule has 0 unspecified atom stereocenters. The van der Waals surface area contributed by atoms with Gasteiger partial charge in [-0.15, -0.1) is 23.5 Å². The number of hydrogen-bond acceptors (Lipinski definition) is 6. The molecule has 2 rings (SSSR count). The standard InChI is InChI=1S/C13H18O4S2/c1-8-7-9(11(14)16-2)10(12(15)17-3)13(8)18-5-4-6-19-13/h9-10H,1,4-7H2,2-3H3/t9-,10-/m1/s1. The van der Waals surface area contributed by atoms with Crippen LogP contribution in [0.3, 0.4) is 0 Å². The molecule has 1 spiro atoms. The number of rotatable bonds is 2. The lowest BCUT2D eigenvalue weighted by atomic mass is 9.96. The van der Waals surface area contributed by atoms with Crippen LogP contribution in [0.1, 0.15) is 12.8 Å². The third kappa shape index (κ3) is 2.40. The van der Waals surface area contributed by atoms with Gasteiger partial charge in [-0.05, 0) is 29.9 Å². The zero-order valence-corrected chi connectivity index (χ0v) is 12.8. The van der Waals surface area contributed by atoms with Crippen molar-refractivity contribution in [1.82, 2.24) is 0 Å². The topological polar surface area (TPSA) is 52.6 Å². The van der Waals surface area contributed by atoms with Crippen LogP contribution in [0.2, 0.25) is 0 Å². The summed E-state index contributed by atoms with van der Waals surface area (Å²) < 4.78 is 9.34. The molecule has 1 heterocycles. The van der Waals surface area contributed by atoms with E-state index < -0.39 is 15.9 Å². The predicted octanol–water partition coefficient (Wildman–Crippen LogP) is 2.09. The Balaban J connectivity index is 2.37. The minimum Gasteiger partial charge on any atom is -0.469 e. The molecular formula is C13H18O4S2. The number of hydrogen-bond donors (Lipinski definition) is 0. The van der Waals surface area contributed by atoms with Gasteiger partial charge < -0.3 is 9.47 Å². The summed E-state index contributed by atoms with van der Waals surface area (Å²) in [7, 11) is 2.72. The van der Waals surface area contributed by atoms with Crippen molar-refractivity contribution >= 4 is 35.5 Å². The van der Waals surface area contributed by atoms with Gasteiger partial charge in [0.2, 0.25) is 0 Å². The van der Waals surface area contributed by atoms with Gasteiger partial charge in [-0.1, -0.05) is 6.58 Å². The molecule has 0 aromatic heterocycles. The van der Waals surface area contributed by atoms with Gasteiger partial charge in [-0.3, -0.25) is 9.59 Å². The van der Waals surface area contributed by atoms with E-state index in [9.17, 15) is 9.59 Å². The van der Waals surface area contributed by atoms with Crippen molar-refractivity contribution in [2.45, 2.75) is 16.9 Å². The van der Waals surface area contributed by atoms with Crippen molar-refractivity contribution in [3.63, 3.8) is 0 Å². The maximum absolute atomic E-state index is 12.2. The minimum absolute atomic E-state index is 0.337. The number of carbonyl (C=O) groups is 2. The first-order valence-corrected chi connectivity index (χ1v) is 8.15. The summed E-state index contributed by atoms with van der Waals surface area (Å²) in [6.45, 7) is 4.11. The number of carbonyl (C=O) groups excluding carboxylic acids is 2. The third-order valence-electron chi connectivity index (χ3n) is 3.65. The Bertz CT molecular complexity index is 401. The molecule has 0 bridgehead atoms. The molecule has 0 amide bonds. The fraction of sp³-hybridized carbons (Fsp3) is 0.692. The highest BCUT2D eigenvalue weighted by Gasteiger charge is 2.59. The Kier molecular flexibility index (Phi) is 4.50. The number of thioether (sulfide) groups is 2. The average molecular weight is 302 g/mol. The first kappa shape index (κ1) is 14.8. The van der Waals surface area contributed by atoms with Crippen LogP contribution >= 0.6 is 23.5 Å². The van der Waals surface area contributed by atoms with Crippen LogP contribution in [-0.2, 0) is 19.1 Å². The summed E-state index contributed by atoms with van der Waals surface area (Å²) in [5.74, 6) is 0.313. The first-order valence-electron chi connectivity index (χ1n) is 6.18. The molecule has 2 aliphatic rings. The van der Waals surface area contributed by atoms with Gasteiger partial charge in [0.15, 0.2) is 0 Å². The summed E-state index contributed by atoms with van der Waals surface area (Å²) in [6.07, 6.45) is 1.62. The maximum atomic E-state index is 12.2. The Hall–Kier alpha value is -0.620. The van der Waals surface area contributed by atoms with E-state index in [4.69, 9.17) is 9.47 Å². The van der Waals surface area contributed by atoms with Crippen LogP contribution in [0, 0.1) is 11.8 Å². The molecule has 2 atom stereocenters. The average Bonchev–Trinajstić information content (AvgIpc) is 2.71. The van der Waals surface area contributed by atoms with Gasteiger partial charge in [0.1, 0.15) is 0 Å². The van der Waals surface area contributed by atoms with Gasteiger partial charge in [0.05, 0.1) is 30.1 Å². The first-order chi connectivity index (χ1) is 9.06. The van der Waals surface area contributed by atoms with E-state index in [0.29, 0.717) is 6.42 Å². The summed E-state index contributed by atoms with van der Waals surface area (Å²) in [4.78, 5) is 24.1. The molecule has 106 valence electrons. The number of esters is 2. The minimum atomic E-state index is -0.493. The van der Waals surface area contributed by atoms with E-state index in [1.165, 1.54) is 14.2 Å². The van der Waals surface area contributed by atoms with Gasteiger partial charge in [-0.2, -0.15) is 0 Å². The van der Waals surface area contributed by atoms with Crippen molar-refractivity contribution in [1.29, 1.82) is 0 Å². The van der Waals surface area contributed by atoms with Crippen LogP contribution < -0.4 is 0 Å². The van der Waals surface area contributed by atoms with E-state index in [1.807, 2.05) is 0 Å². The molecule has 6 heteroatoms. The molecule has 1 saturated carbocycles. The molecule has 0 N–H and O–H groups in total. The Morgan fingerprint density at radius 1 is 1.21 bits per heavy atom. The fourth-order valence-electron chi connectivity index (χ4n) is 2.76. The molecule has 1 aliphatic heterocycles. The van der Waals surface area contributed by atoms with Gasteiger partial charge >= 0.3 is 11.9 Å². The monoisotopic (exact) mass is 302 g/mol. The maximum Gasteiger partial charge on any atom is 0.312 e. The van der Waals surface area contributed by atoms with Crippen LogP contribution in [0.4, 0.5) is 0 Å². The fourth-order valence-corrected chi connectivity index (χ4v) is 6.41. The van der Waals surface area contributed by atoms with Crippen LogP contribution in [-0.4, -0.2) is 41.7 Å². The highest BCUT2D eigenvalue weighted by molar-refractivity contribution is 8.19. The van der Waals surface area contributed by atoms with Gasteiger partial charge in [0, 0.05) is 0 Å². The van der Waals surface area contributed by atoms with Crippen molar-refractivity contribution in [3.05, 3.63) is 12.2 Å². The van der Waals surface area contributed by atoms with Crippen LogP contribution in [0.5, 0.6) is 0 Å². The zero-order valence-electron chi connectivity index (χ0n) is 11.1. The SMILES string of the molecule is C=C1C[C@@H](C(=O)OC)[C@H](C(=O)OC)C12SCCCS2. The number of methoxy groups -OCH3 is 2. The van der Waals surface area contributed by atoms with E-state index in [0.717, 1.165) is 23.5 Å². The number of ether oxygens (including phenoxy) is 2. The van der Waals surface area contributed by atoms with Gasteiger partial charge in [0.25, 0.3) is 0 Å². The molecule has 0 aromatic carbocycles. The highest BCUT2D eigenvalue weighted by atomic mass is 32.2. The largest absolute Gasteiger partial charge is 0.469 e. The lowest BCUT2D eigenvalue weighted by Crippen LogP contribution is -2.41. The van der Waals surface area contributed by atoms with Crippen LogP contribution in [0.25, 0.3) is 0 Å². The third-order valence-corrected chi connectivity index (χ3v) is 7.29. The van der Waals surface area contributed by atoms with E-state index in [1.54, 1.807) is 23.5 Å². The Morgan fingerprint density at radius 2 is 1.79 bits per heavy atom. The lowest BCUT2D eigenvalue weighted by Gasteiger charge is -2.37. The Labute approximate surface area is 121 Å². The van der Waals surface area contributed by atoms with E-state index in [-0.39, 0.29) is 11.9 Å². The Morgan fingerprint density at radius 3 is 2.32 bits per heavy atom. The van der Waals surface area contributed by atoms with Gasteiger partial charge in [-0.25, -0.2) is 0 Å². The molecule has 1 aliphatic carbocycles. The second-order valence-electron chi connectivity index (χ2n) is 4.66. The quantitative estimate of drug-likeness (QED) is 0.575. The summed E-state index contributed by atoms with van der Waals surface area (Å²) in [6, 6.07) is 0. The second kappa shape index (κ2) is 5.79. The zero-order chi connectivity index (χ0) is 14.0.